The maximum absolute atomic E-state index is 13.1. The van der Waals surface area contributed by atoms with Gasteiger partial charge in [0.25, 0.3) is 0 Å². The zero-order chi connectivity index (χ0) is 20.9. The van der Waals surface area contributed by atoms with E-state index in [4.69, 9.17) is 4.42 Å². The first-order valence-corrected chi connectivity index (χ1v) is 10.8. The third kappa shape index (κ3) is 5.08. The third-order valence-corrected chi connectivity index (χ3v) is 6.26. The minimum atomic E-state index is -0.399. The van der Waals surface area contributed by atoms with Crippen molar-refractivity contribution in [2.24, 2.45) is 0 Å². The summed E-state index contributed by atoms with van der Waals surface area (Å²) in [4.78, 5) is 14.1. The predicted octanol–water partition coefficient (Wildman–Crippen LogP) is 5.45. The average molecular weight is 409 g/mol. The van der Waals surface area contributed by atoms with Gasteiger partial charge in [-0.1, -0.05) is 24.3 Å². The molecule has 1 fully saturated rings. The number of halogens is 1. The van der Waals surface area contributed by atoms with Gasteiger partial charge in [0, 0.05) is 12.1 Å². The molecule has 158 valence electrons. The lowest BCUT2D eigenvalue weighted by Gasteiger charge is -2.32. The number of aromatic nitrogens is 1. The second kappa shape index (κ2) is 9.43. The van der Waals surface area contributed by atoms with E-state index in [9.17, 15) is 9.18 Å². The van der Waals surface area contributed by atoms with Crippen molar-refractivity contribution in [1.82, 2.24) is 10.3 Å². The van der Waals surface area contributed by atoms with Crippen LogP contribution in [0.3, 0.4) is 0 Å². The maximum atomic E-state index is 13.1. The molecule has 4 rings (SSSR count). The van der Waals surface area contributed by atoms with Gasteiger partial charge in [-0.25, -0.2) is 9.18 Å². The minimum Gasteiger partial charge on any atom is -0.408 e. The average Bonchev–Trinajstić information content (AvgIpc) is 3.13. The lowest BCUT2D eigenvalue weighted by Crippen LogP contribution is -2.40. The molecule has 1 atom stereocenters. The van der Waals surface area contributed by atoms with Crippen molar-refractivity contribution in [3.05, 3.63) is 82.6 Å². The van der Waals surface area contributed by atoms with Crippen molar-refractivity contribution < 1.29 is 8.81 Å². The summed E-state index contributed by atoms with van der Waals surface area (Å²) in [6.45, 7) is 3.92. The van der Waals surface area contributed by atoms with Crippen LogP contribution in [0.1, 0.15) is 55.6 Å². The number of aromatic amines is 1. The summed E-state index contributed by atoms with van der Waals surface area (Å²) < 4.78 is 18.3. The van der Waals surface area contributed by atoms with E-state index in [0.717, 1.165) is 50.5 Å². The van der Waals surface area contributed by atoms with Gasteiger partial charge in [0.2, 0.25) is 0 Å². The molecule has 0 radical (unpaired) electrons. The topological polar surface area (TPSA) is 58.0 Å². The van der Waals surface area contributed by atoms with Gasteiger partial charge >= 0.3 is 5.76 Å². The van der Waals surface area contributed by atoms with Crippen molar-refractivity contribution >= 4 is 11.1 Å². The first-order valence-electron chi connectivity index (χ1n) is 10.8. The summed E-state index contributed by atoms with van der Waals surface area (Å²) in [5, 5.41) is 3.83. The van der Waals surface area contributed by atoms with E-state index in [2.05, 4.69) is 22.9 Å². The van der Waals surface area contributed by atoms with Crippen molar-refractivity contribution in [2.75, 3.05) is 0 Å². The van der Waals surface area contributed by atoms with E-state index in [-0.39, 0.29) is 5.82 Å². The molecule has 1 saturated carbocycles. The maximum Gasteiger partial charge on any atom is 0.417 e. The highest BCUT2D eigenvalue weighted by Gasteiger charge is 2.24. The number of fused-ring (bicyclic) bond motifs is 1. The summed E-state index contributed by atoms with van der Waals surface area (Å²) >= 11 is 0. The van der Waals surface area contributed by atoms with Gasteiger partial charge in [0.1, 0.15) is 5.82 Å². The van der Waals surface area contributed by atoms with Crippen LogP contribution in [0.5, 0.6) is 0 Å². The van der Waals surface area contributed by atoms with Crippen LogP contribution in [0, 0.1) is 5.82 Å². The summed E-state index contributed by atoms with van der Waals surface area (Å²) in [5.41, 5.74) is 3.82. The zero-order valence-corrected chi connectivity index (χ0v) is 17.2. The molecule has 0 aliphatic heterocycles. The second-order valence-electron chi connectivity index (χ2n) is 8.37. The molecule has 2 aromatic carbocycles. The van der Waals surface area contributed by atoms with Gasteiger partial charge in [0.15, 0.2) is 5.58 Å². The number of H-pyrrole nitrogens is 1. The van der Waals surface area contributed by atoms with Crippen molar-refractivity contribution in [3.8, 4) is 0 Å². The monoisotopic (exact) mass is 408 g/mol. The molecule has 3 aromatic rings. The Morgan fingerprint density at radius 2 is 1.93 bits per heavy atom. The standard InChI is InChI=1S/C25H29FN2O2/c1-2-3-21(12-6-17-4-10-20(26)11-5-17)27-22-13-7-18(8-14-22)19-9-15-23-24(16-19)30-25(29)28-23/h2,4-5,9-11,15-16,18,21-22,27H,1,3,6-8,12-14H2,(H,28,29). The highest BCUT2D eigenvalue weighted by Crippen LogP contribution is 2.34. The van der Waals surface area contributed by atoms with E-state index < -0.39 is 5.76 Å². The molecule has 1 aliphatic rings. The highest BCUT2D eigenvalue weighted by molar-refractivity contribution is 5.72. The number of hydrogen-bond acceptors (Lipinski definition) is 3. The fourth-order valence-corrected chi connectivity index (χ4v) is 4.61. The van der Waals surface area contributed by atoms with Crippen LogP contribution >= 0.6 is 0 Å². The van der Waals surface area contributed by atoms with Gasteiger partial charge in [0.05, 0.1) is 5.52 Å². The van der Waals surface area contributed by atoms with E-state index in [1.807, 2.05) is 30.3 Å². The fourth-order valence-electron chi connectivity index (χ4n) is 4.61. The molecule has 5 heteroatoms. The zero-order valence-electron chi connectivity index (χ0n) is 17.2. The Morgan fingerprint density at radius 3 is 2.67 bits per heavy atom. The molecule has 0 spiro atoms. The van der Waals surface area contributed by atoms with Gasteiger partial charge in [-0.2, -0.15) is 0 Å². The largest absolute Gasteiger partial charge is 0.417 e. The highest BCUT2D eigenvalue weighted by atomic mass is 19.1. The van der Waals surface area contributed by atoms with Crippen LogP contribution in [-0.4, -0.2) is 17.1 Å². The number of oxazole rings is 1. The van der Waals surface area contributed by atoms with E-state index in [0.29, 0.717) is 23.6 Å². The molecule has 1 aromatic heterocycles. The molecular formula is C25H29FN2O2. The van der Waals surface area contributed by atoms with E-state index in [1.165, 1.54) is 23.3 Å². The van der Waals surface area contributed by atoms with Gasteiger partial charge in [-0.15, -0.1) is 6.58 Å². The van der Waals surface area contributed by atoms with E-state index >= 15 is 0 Å². The Bertz CT molecular complexity index is 1030. The summed E-state index contributed by atoms with van der Waals surface area (Å²) in [6, 6.07) is 13.8. The molecule has 1 aliphatic carbocycles. The Hall–Kier alpha value is -2.66. The quantitative estimate of drug-likeness (QED) is 0.487. The van der Waals surface area contributed by atoms with Crippen LogP contribution < -0.4 is 11.1 Å². The van der Waals surface area contributed by atoms with Gasteiger partial charge in [-0.05, 0) is 86.3 Å². The molecule has 30 heavy (non-hydrogen) atoms. The van der Waals surface area contributed by atoms with Gasteiger partial charge in [-0.3, -0.25) is 4.98 Å². The molecule has 0 bridgehead atoms. The second-order valence-corrected chi connectivity index (χ2v) is 8.37. The van der Waals surface area contributed by atoms with Crippen LogP contribution in [-0.2, 0) is 6.42 Å². The summed E-state index contributed by atoms with van der Waals surface area (Å²) in [7, 11) is 0. The van der Waals surface area contributed by atoms with Crippen LogP contribution in [0.25, 0.3) is 11.1 Å². The molecule has 0 amide bonds. The summed E-state index contributed by atoms with van der Waals surface area (Å²) in [6.07, 6.45) is 9.36. The molecule has 4 nitrogen and oxygen atoms in total. The first kappa shape index (κ1) is 20.6. The predicted molar refractivity (Wildman–Crippen MR) is 118 cm³/mol. The lowest BCUT2D eigenvalue weighted by molar-refractivity contribution is 0.307. The number of nitrogens with one attached hydrogen (secondary N) is 2. The van der Waals surface area contributed by atoms with Crippen molar-refractivity contribution in [1.29, 1.82) is 0 Å². The lowest BCUT2D eigenvalue weighted by atomic mass is 9.81. The Balaban J connectivity index is 1.30. The smallest absolute Gasteiger partial charge is 0.408 e. The molecule has 1 unspecified atom stereocenters. The number of aryl methyl sites for hydroxylation is 1. The molecular weight excluding hydrogens is 379 g/mol. The number of hydrogen-bond donors (Lipinski definition) is 2. The van der Waals surface area contributed by atoms with Crippen LogP contribution in [0.2, 0.25) is 0 Å². The third-order valence-electron chi connectivity index (χ3n) is 6.26. The Morgan fingerprint density at radius 1 is 1.17 bits per heavy atom. The Kier molecular flexibility index (Phi) is 6.48. The first-order chi connectivity index (χ1) is 14.6. The number of benzene rings is 2. The van der Waals surface area contributed by atoms with E-state index in [1.54, 1.807) is 0 Å². The van der Waals surface area contributed by atoms with Crippen LogP contribution in [0.4, 0.5) is 4.39 Å². The van der Waals surface area contributed by atoms with Gasteiger partial charge < -0.3 is 9.73 Å². The van der Waals surface area contributed by atoms with Crippen molar-refractivity contribution in [3.63, 3.8) is 0 Å². The van der Waals surface area contributed by atoms with Crippen molar-refractivity contribution in [2.45, 2.75) is 62.9 Å². The SMILES string of the molecule is C=CCC(CCc1ccc(F)cc1)NC1CCC(c2ccc3[nH]c(=O)oc3c2)CC1. The minimum absolute atomic E-state index is 0.186. The Labute approximate surface area is 176 Å². The normalized spacial score (nSPS) is 20.3. The molecule has 1 heterocycles. The summed E-state index contributed by atoms with van der Waals surface area (Å²) in [5.74, 6) is -0.0808. The van der Waals surface area contributed by atoms with Crippen LogP contribution in [0.15, 0.2) is 64.3 Å². The number of rotatable bonds is 8. The molecule has 2 N–H and O–H groups in total. The molecule has 0 saturated heterocycles. The fraction of sp³-hybridized carbons (Fsp3) is 0.400.